The number of nitrogens with one attached hydrogen (secondary N) is 1. The molecule has 0 aromatic heterocycles. The molecular formula is C22H21N3O5. The maximum atomic E-state index is 12.8. The van der Waals surface area contributed by atoms with Crippen molar-refractivity contribution in [3.63, 3.8) is 0 Å². The Labute approximate surface area is 173 Å². The van der Waals surface area contributed by atoms with Gasteiger partial charge in [0.2, 0.25) is 5.91 Å². The molecule has 1 saturated heterocycles. The van der Waals surface area contributed by atoms with Crippen LogP contribution in [0.2, 0.25) is 0 Å². The Morgan fingerprint density at radius 3 is 2.40 bits per heavy atom. The first-order valence-corrected chi connectivity index (χ1v) is 9.71. The number of hydrogen-bond donors (Lipinski definition) is 2. The van der Waals surface area contributed by atoms with Gasteiger partial charge in [0, 0.05) is 25.9 Å². The minimum absolute atomic E-state index is 0.0893. The second-order valence-electron chi connectivity index (χ2n) is 7.39. The molecule has 30 heavy (non-hydrogen) atoms. The molecule has 2 N–H and O–H groups in total. The smallest absolute Gasteiger partial charge is 0.330 e. The minimum atomic E-state index is -1.19. The van der Waals surface area contributed by atoms with Crippen molar-refractivity contribution in [3.8, 4) is 0 Å². The summed E-state index contributed by atoms with van der Waals surface area (Å²) in [5.41, 5.74) is 2.51. The molecule has 2 aliphatic rings. The predicted octanol–water partition coefficient (Wildman–Crippen LogP) is 1.71. The van der Waals surface area contributed by atoms with E-state index in [-0.39, 0.29) is 18.9 Å². The average Bonchev–Trinajstić information content (AvgIpc) is 2.98. The monoisotopic (exact) mass is 407 g/mol. The molecule has 0 aliphatic carbocycles. The number of rotatable bonds is 6. The van der Waals surface area contributed by atoms with Gasteiger partial charge >= 0.3 is 12.0 Å². The molecule has 8 heteroatoms. The number of carbonyl (C=O) groups excluding carboxylic acids is 3. The number of hydrogen-bond acceptors (Lipinski definition) is 4. The fourth-order valence-corrected chi connectivity index (χ4v) is 3.96. The van der Waals surface area contributed by atoms with Crippen LogP contribution in [0, 0.1) is 0 Å². The molecule has 4 amide bonds. The fraction of sp³-hybridized carbons (Fsp3) is 0.273. The number of imide groups is 1. The summed E-state index contributed by atoms with van der Waals surface area (Å²) in [5.74, 6) is -2.04. The molecular weight excluding hydrogens is 386 g/mol. The van der Waals surface area contributed by atoms with Crippen LogP contribution in [-0.4, -0.2) is 51.3 Å². The number of urea groups is 1. The van der Waals surface area contributed by atoms with Crippen molar-refractivity contribution in [2.75, 3.05) is 6.54 Å². The van der Waals surface area contributed by atoms with Crippen LogP contribution >= 0.6 is 0 Å². The fourth-order valence-electron chi connectivity index (χ4n) is 3.96. The second-order valence-corrected chi connectivity index (χ2v) is 7.39. The van der Waals surface area contributed by atoms with E-state index < -0.39 is 30.0 Å². The van der Waals surface area contributed by atoms with E-state index in [0.717, 1.165) is 16.0 Å². The molecule has 0 bridgehead atoms. The largest absolute Gasteiger partial charge is 0.479 e. The molecule has 0 spiro atoms. The van der Waals surface area contributed by atoms with Gasteiger partial charge in [-0.2, -0.15) is 0 Å². The average molecular weight is 407 g/mol. The van der Waals surface area contributed by atoms with Crippen LogP contribution in [-0.2, 0) is 27.3 Å². The lowest BCUT2D eigenvalue weighted by Crippen LogP contribution is -2.40. The van der Waals surface area contributed by atoms with Crippen molar-refractivity contribution in [2.24, 2.45) is 0 Å². The van der Waals surface area contributed by atoms with Crippen molar-refractivity contribution in [1.29, 1.82) is 0 Å². The number of amides is 4. The second kappa shape index (κ2) is 7.98. The Hall–Kier alpha value is -3.68. The van der Waals surface area contributed by atoms with Crippen LogP contribution in [0.15, 0.2) is 54.6 Å². The lowest BCUT2D eigenvalue weighted by molar-refractivity contribution is -0.142. The number of benzene rings is 2. The molecule has 2 aromatic rings. The van der Waals surface area contributed by atoms with Crippen LogP contribution in [0.5, 0.6) is 0 Å². The van der Waals surface area contributed by atoms with E-state index in [1.807, 2.05) is 24.3 Å². The summed E-state index contributed by atoms with van der Waals surface area (Å²) in [6.45, 7) is 0.275. The van der Waals surface area contributed by atoms with Gasteiger partial charge in [-0.25, -0.2) is 9.59 Å². The van der Waals surface area contributed by atoms with E-state index >= 15 is 0 Å². The molecule has 8 nitrogen and oxygen atoms in total. The van der Waals surface area contributed by atoms with Gasteiger partial charge in [0.1, 0.15) is 6.04 Å². The first kappa shape index (κ1) is 19.6. The van der Waals surface area contributed by atoms with Crippen LogP contribution in [0.3, 0.4) is 0 Å². The summed E-state index contributed by atoms with van der Waals surface area (Å²) < 4.78 is 0. The van der Waals surface area contributed by atoms with Crippen LogP contribution in [0.1, 0.15) is 29.2 Å². The molecule has 154 valence electrons. The highest BCUT2D eigenvalue weighted by molar-refractivity contribution is 6.05. The molecule has 2 aliphatic heterocycles. The van der Waals surface area contributed by atoms with E-state index in [0.29, 0.717) is 18.5 Å². The van der Waals surface area contributed by atoms with Crippen molar-refractivity contribution in [1.82, 2.24) is 15.1 Å². The van der Waals surface area contributed by atoms with Crippen molar-refractivity contribution in [2.45, 2.75) is 31.5 Å². The van der Waals surface area contributed by atoms with E-state index in [2.05, 4.69) is 5.32 Å². The Kier molecular flexibility index (Phi) is 5.22. The number of carboxylic acids is 1. The van der Waals surface area contributed by atoms with E-state index in [4.69, 9.17) is 0 Å². The third-order valence-corrected chi connectivity index (χ3v) is 5.52. The molecule has 0 saturated carbocycles. The number of carbonyl (C=O) groups is 4. The van der Waals surface area contributed by atoms with Crippen molar-refractivity contribution >= 4 is 23.8 Å². The standard InChI is InChI=1S/C22H21N3O5/c26-18(23-19(21(28)29)14-6-2-1-3-7-14)10-11-24-20(27)17-12-15-8-4-5-9-16(15)13-25(17)22(24)30/h1-9,17,19H,10-13H2,(H,23,26)(H,28,29)/t17-,19-/m1/s1. The highest BCUT2D eigenvalue weighted by atomic mass is 16.4. The summed E-state index contributed by atoms with van der Waals surface area (Å²) in [6, 6.07) is 13.9. The van der Waals surface area contributed by atoms with Crippen LogP contribution in [0.25, 0.3) is 0 Å². The number of nitrogens with zero attached hydrogens (tertiary/aromatic N) is 2. The summed E-state index contributed by atoms with van der Waals surface area (Å²) in [5, 5.41) is 11.9. The van der Waals surface area contributed by atoms with Gasteiger partial charge in [-0.3, -0.25) is 14.5 Å². The van der Waals surface area contributed by atoms with E-state index in [1.54, 1.807) is 30.3 Å². The molecule has 1 fully saturated rings. The minimum Gasteiger partial charge on any atom is -0.479 e. The van der Waals surface area contributed by atoms with Gasteiger partial charge in [-0.15, -0.1) is 0 Å². The predicted molar refractivity (Wildman–Crippen MR) is 106 cm³/mol. The van der Waals surface area contributed by atoms with Gasteiger partial charge in [0.15, 0.2) is 6.04 Å². The molecule has 4 rings (SSSR count). The zero-order chi connectivity index (χ0) is 21.3. The van der Waals surface area contributed by atoms with Gasteiger partial charge in [0.05, 0.1) is 0 Å². The summed E-state index contributed by atoms with van der Waals surface area (Å²) >= 11 is 0. The van der Waals surface area contributed by atoms with Gasteiger partial charge in [-0.05, 0) is 16.7 Å². The maximum Gasteiger partial charge on any atom is 0.330 e. The topological polar surface area (TPSA) is 107 Å². The Morgan fingerprint density at radius 1 is 1.03 bits per heavy atom. The highest BCUT2D eigenvalue weighted by Gasteiger charge is 2.46. The summed E-state index contributed by atoms with van der Waals surface area (Å²) in [4.78, 5) is 52.0. The van der Waals surface area contributed by atoms with Gasteiger partial charge < -0.3 is 15.3 Å². The quantitative estimate of drug-likeness (QED) is 0.709. The summed E-state index contributed by atoms with van der Waals surface area (Å²) in [6.07, 6.45) is 0.292. The van der Waals surface area contributed by atoms with E-state index in [9.17, 15) is 24.3 Å². The number of fused-ring (bicyclic) bond motifs is 2. The molecule has 0 radical (unpaired) electrons. The third-order valence-electron chi connectivity index (χ3n) is 5.52. The van der Waals surface area contributed by atoms with E-state index in [1.165, 1.54) is 4.90 Å². The van der Waals surface area contributed by atoms with Gasteiger partial charge in [-0.1, -0.05) is 54.6 Å². The first-order chi connectivity index (χ1) is 14.5. The van der Waals surface area contributed by atoms with Crippen LogP contribution < -0.4 is 5.32 Å². The Balaban J connectivity index is 1.39. The lowest BCUT2D eigenvalue weighted by atomic mass is 9.95. The number of aliphatic carboxylic acids is 1. The first-order valence-electron chi connectivity index (χ1n) is 9.71. The van der Waals surface area contributed by atoms with Crippen molar-refractivity contribution < 1.29 is 24.3 Å². The zero-order valence-electron chi connectivity index (χ0n) is 16.2. The van der Waals surface area contributed by atoms with Crippen molar-refractivity contribution in [3.05, 3.63) is 71.3 Å². The Morgan fingerprint density at radius 2 is 1.70 bits per heavy atom. The molecule has 2 heterocycles. The lowest BCUT2D eigenvalue weighted by Gasteiger charge is -2.28. The maximum absolute atomic E-state index is 12.8. The molecule has 2 atom stereocenters. The zero-order valence-corrected chi connectivity index (χ0v) is 16.2. The van der Waals surface area contributed by atoms with Gasteiger partial charge in [0.25, 0.3) is 5.91 Å². The molecule has 0 unspecified atom stereocenters. The number of carboxylic acid groups (broad SMARTS) is 1. The Bertz CT molecular complexity index is 964. The normalized spacial score (nSPS) is 18.6. The van der Waals surface area contributed by atoms with Crippen LogP contribution in [0.4, 0.5) is 4.79 Å². The molecule has 2 aromatic carbocycles. The summed E-state index contributed by atoms with van der Waals surface area (Å²) in [7, 11) is 0. The highest BCUT2D eigenvalue weighted by Crippen LogP contribution is 2.30. The SMILES string of the molecule is O=C(CCN1C(=O)[C@H]2Cc3ccccc3CN2C1=O)N[C@@H](C(=O)O)c1ccccc1. The third kappa shape index (κ3) is 3.63.